The van der Waals surface area contributed by atoms with Crippen LogP contribution in [0.4, 0.5) is 18.9 Å². The summed E-state index contributed by atoms with van der Waals surface area (Å²) in [6, 6.07) is 2.19. The van der Waals surface area contributed by atoms with Crippen molar-refractivity contribution in [2.24, 2.45) is 0 Å². The molecule has 0 aliphatic carbocycles. The molecule has 0 saturated carbocycles. The van der Waals surface area contributed by atoms with Gasteiger partial charge in [-0.25, -0.2) is 13.1 Å². The van der Waals surface area contributed by atoms with Crippen LogP contribution in [0.2, 0.25) is 5.02 Å². The van der Waals surface area contributed by atoms with Gasteiger partial charge in [-0.3, -0.25) is 0 Å². The van der Waals surface area contributed by atoms with Gasteiger partial charge in [-0.15, -0.1) is 0 Å². The van der Waals surface area contributed by atoms with Gasteiger partial charge in [0.05, 0.1) is 15.6 Å². The number of rotatable bonds is 4. The van der Waals surface area contributed by atoms with Gasteiger partial charge >= 0.3 is 6.18 Å². The molecule has 0 radical (unpaired) electrons. The zero-order valence-electron chi connectivity index (χ0n) is 10.2. The first kappa shape index (κ1) is 17.0. The molecule has 20 heavy (non-hydrogen) atoms. The van der Waals surface area contributed by atoms with Crippen molar-refractivity contribution in [1.82, 2.24) is 4.72 Å². The number of aliphatic hydroxyl groups excluding tert-OH is 1. The van der Waals surface area contributed by atoms with E-state index in [4.69, 9.17) is 22.4 Å². The highest BCUT2D eigenvalue weighted by Gasteiger charge is 2.38. The van der Waals surface area contributed by atoms with Crippen LogP contribution in [0, 0.1) is 6.92 Å². The zero-order valence-corrected chi connectivity index (χ0v) is 11.8. The van der Waals surface area contributed by atoms with Crippen molar-refractivity contribution in [1.29, 1.82) is 0 Å². The Morgan fingerprint density at radius 1 is 1.45 bits per heavy atom. The van der Waals surface area contributed by atoms with Crippen LogP contribution in [0.1, 0.15) is 5.56 Å². The minimum Gasteiger partial charge on any atom is -0.397 e. The molecule has 0 spiro atoms. The Bertz CT molecular complexity index is 581. The number of aliphatic hydroxyl groups is 1. The maximum Gasteiger partial charge on any atom is 0.415 e. The quantitative estimate of drug-likeness (QED) is 0.727. The van der Waals surface area contributed by atoms with Crippen LogP contribution >= 0.6 is 11.6 Å². The van der Waals surface area contributed by atoms with Crippen LogP contribution in [0.3, 0.4) is 0 Å². The molecule has 1 aromatic carbocycles. The third-order valence-corrected chi connectivity index (χ3v) is 4.33. The van der Waals surface area contributed by atoms with E-state index >= 15 is 0 Å². The largest absolute Gasteiger partial charge is 0.415 e. The molecule has 114 valence electrons. The van der Waals surface area contributed by atoms with Gasteiger partial charge in [0.2, 0.25) is 10.0 Å². The summed E-state index contributed by atoms with van der Waals surface area (Å²) in [4.78, 5) is -0.328. The fraction of sp³-hybridized carbons (Fsp3) is 0.400. The number of halogens is 4. The fourth-order valence-electron chi connectivity index (χ4n) is 1.31. The smallest absolute Gasteiger partial charge is 0.397 e. The Morgan fingerprint density at radius 2 is 2.00 bits per heavy atom. The minimum absolute atomic E-state index is 0.0107. The van der Waals surface area contributed by atoms with E-state index in [0.29, 0.717) is 5.56 Å². The van der Waals surface area contributed by atoms with E-state index < -0.39 is 28.8 Å². The van der Waals surface area contributed by atoms with Crippen molar-refractivity contribution in [3.05, 3.63) is 22.7 Å². The maximum atomic E-state index is 12.1. The molecule has 5 nitrogen and oxygen atoms in total. The molecule has 1 unspecified atom stereocenters. The molecular formula is C10H12ClF3N2O3S. The third kappa shape index (κ3) is 3.98. The Morgan fingerprint density at radius 3 is 2.45 bits per heavy atom. The number of benzene rings is 1. The van der Waals surface area contributed by atoms with Crippen molar-refractivity contribution in [3.8, 4) is 0 Å². The molecule has 0 saturated heterocycles. The summed E-state index contributed by atoms with van der Waals surface area (Å²) < 4.78 is 61.5. The number of alkyl halides is 3. The zero-order chi connectivity index (χ0) is 15.7. The summed E-state index contributed by atoms with van der Waals surface area (Å²) >= 11 is 5.76. The maximum absolute atomic E-state index is 12.1. The highest BCUT2D eigenvalue weighted by molar-refractivity contribution is 7.89. The molecule has 4 N–H and O–H groups in total. The monoisotopic (exact) mass is 332 g/mol. The Hall–Kier alpha value is -1.03. The van der Waals surface area contributed by atoms with Gasteiger partial charge in [-0.2, -0.15) is 13.2 Å². The molecular weight excluding hydrogens is 321 g/mol. The third-order valence-electron chi connectivity index (χ3n) is 2.41. The van der Waals surface area contributed by atoms with Crippen LogP contribution in [0.15, 0.2) is 17.0 Å². The predicted molar refractivity (Wildman–Crippen MR) is 67.9 cm³/mol. The first-order chi connectivity index (χ1) is 8.95. The molecule has 0 amide bonds. The average molecular weight is 333 g/mol. The summed E-state index contributed by atoms with van der Waals surface area (Å²) in [6.07, 6.45) is -7.69. The second-order valence-corrected chi connectivity index (χ2v) is 6.20. The molecule has 1 aromatic rings. The van der Waals surface area contributed by atoms with Crippen LogP contribution in [0.25, 0.3) is 0 Å². The summed E-state index contributed by atoms with van der Waals surface area (Å²) in [7, 11) is -4.23. The molecule has 0 aromatic heterocycles. The Labute approximate surface area is 118 Å². The topological polar surface area (TPSA) is 92.4 Å². The number of hydrogen-bond acceptors (Lipinski definition) is 4. The molecule has 1 rings (SSSR count). The van der Waals surface area contributed by atoms with Gasteiger partial charge in [0.15, 0.2) is 6.10 Å². The highest BCUT2D eigenvalue weighted by Crippen LogP contribution is 2.27. The Balaban J connectivity index is 2.96. The SMILES string of the molecule is Cc1cc(S(=O)(=O)NCC(O)C(F)(F)F)cc(N)c1Cl. The molecule has 0 heterocycles. The number of nitrogens with two attached hydrogens (primary N) is 1. The normalized spacial score (nSPS) is 14.3. The molecule has 0 aliphatic heterocycles. The van der Waals surface area contributed by atoms with E-state index in [2.05, 4.69) is 0 Å². The van der Waals surface area contributed by atoms with E-state index in [-0.39, 0.29) is 15.6 Å². The van der Waals surface area contributed by atoms with E-state index in [0.717, 1.165) is 6.07 Å². The summed E-state index contributed by atoms with van der Waals surface area (Å²) in [5.41, 5.74) is 5.84. The second kappa shape index (κ2) is 5.76. The van der Waals surface area contributed by atoms with E-state index in [1.54, 1.807) is 4.72 Å². The van der Waals surface area contributed by atoms with E-state index in [1.165, 1.54) is 13.0 Å². The van der Waals surface area contributed by atoms with Crippen LogP contribution in [-0.2, 0) is 10.0 Å². The van der Waals surface area contributed by atoms with Crippen molar-refractivity contribution in [2.75, 3.05) is 12.3 Å². The van der Waals surface area contributed by atoms with Crippen molar-refractivity contribution in [2.45, 2.75) is 24.1 Å². The molecule has 1 atom stereocenters. The lowest BCUT2D eigenvalue weighted by Gasteiger charge is -2.15. The summed E-state index contributed by atoms with van der Waals surface area (Å²) in [5, 5.41) is 8.92. The highest BCUT2D eigenvalue weighted by atomic mass is 35.5. The van der Waals surface area contributed by atoms with Gasteiger partial charge in [-0.05, 0) is 24.6 Å². The number of sulfonamides is 1. The average Bonchev–Trinajstić information content (AvgIpc) is 2.31. The van der Waals surface area contributed by atoms with Gasteiger partial charge in [0.25, 0.3) is 0 Å². The number of aryl methyl sites for hydroxylation is 1. The van der Waals surface area contributed by atoms with E-state index in [9.17, 15) is 21.6 Å². The fourth-order valence-corrected chi connectivity index (χ4v) is 2.57. The van der Waals surface area contributed by atoms with Crippen molar-refractivity contribution < 1.29 is 26.7 Å². The lowest BCUT2D eigenvalue weighted by Crippen LogP contribution is -2.40. The first-order valence-corrected chi connectivity index (χ1v) is 7.11. The van der Waals surface area contributed by atoms with E-state index in [1.807, 2.05) is 0 Å². The Kier molecular flexibility index (Phi) is 4.90. The number of nitrogen functional groups attached to an aromatic ring is 1. The molecule has 0 aliphatic rings. The molecule has 10 heteroatoms. The van der Waals surface area contributed by atoms with Gasteiger partial charge in [0.1, 0.15) is 0 Å². The summed E-state index contributed by atoms with van der Waals surface area (Å²) in [5.74, 6) is 0. The van der Waals surface area contributed by atoms with Crippen LogP contribution in [0.5, 0.6) is 0 Å². The number of hydrogen-bond donors (Lipinski definition) is 3. The second-order valence-electron chi connectivity index (χ2n) is 4.05. The lowest BCUT2D eigenvalue weighted by atomic mass is 10.2. The number of anilines is 1. The molecule has 0 bridgehead atoms. The number of nitrogens with one attached hydrogen (secondary N) is 1. The molecule has 0 fully saturated rings. The van der Waals surface area contributed by atoms with Crippen molar-refractivity contribution in [3.63, 3.8) is 0 Å². The summed E-state index contributed by atoms with van der Waals surface area (Å²) in [6.45, 7) is 0.315. The van der Waals surface area contributed by atoms with Gasteiger partial charge in [-0.1, -0.05) is 11.6 Å². The van der Waals surface area contributed by atoms with Crippen molar-refractivity contribution >= 4 is 27.3 Å². The lowest BCUT2D eigenvalue weighted by molar-refractivity contribution is -0.200. The van der Waals surface area contributed by atoms with Crippen LogP contribution in [-0.4, -0.2) is 32.3 Å². The predicted octanol–water partition coefficient (Wildman–Crippen LogP) is 1.43. The minimum atomic E-state index is -4.91. The van der Waals surface area contributed by atoms with Crippen LogP contribution < -0.4 is 10.5 Å². The van der Waals surface area contributed by atoms with Gasteiger partial charge < -0.3 is 10.8 Å². The first-order valence-electron chi connectivity index (χ1n) is 5.25. The van der Waals surface area contributed by atoms with Gasteiger partial charge in [0, 0.05) is 6.54 Å². The standard InChI is InChI=1S/C10H12ClF3N2O3S/c1-5-2-6(3-7(15)9(5)11)20(18,19)16-4-8(17)10(12,13)14/h2-3,8,16-17H,4,15H2,1H3.